The van der Waals surface area contributed by atoms with Gasteiger partial charge >= 0.3 is 6.09 Å². The monoisotopic (exact) mass is 526 g/mol. The highest BCUT2D eigenvalue weighted by atomic mass is 35.5. The molecule has 1 heterocycles. The van der Waals surface area contributed by atoms with Crippen molar-refractivity contribution in [2.75, 3.05) is 40.4 Å². The van der Waals surface area contributed by atoms with Crippen LogP contribution in [0.1, 0.15) is 76.2 Å². The van der Waals surface area contributed by atoms with Crippen LogP contribution in [0.25, 0.3) is 0 Å². The summed E-state index contributed by atoms with van der Waals surface area (Å²) >= 11 is 6.09. The lowest BCUT2D eigenvalue weighted by Crippen LogP contribution is -2.49. The van der Waals surface area contributed by atoms with Gasteiger partial charge in [-0.25, -0.2) is 9.18 Å². The lowest BCUT2D eigenvalue weighted by atomic mass is 9.74. The molecule has 8 heteroatoms. The van der Waals surface area contributed by atoms with Gasteiger partial charge < -0.3 is 24.8 Å². The number of likely N-dealkylation sites (tertiary alicyclic amines) is 1. The average molecular weight is 527 g/mol. The van der Waals surface area contributed by atoms with E-state index in [4.69, 9.17) is 21.1 Å². The summed E-state index contributed by atoms with van der Waals surface area (Å²) in [5.41, 5.74) is -1.23. The van der Waals surface area contributed by atoms with Crippen LogP contribution in [0.5, 0.6) is 0 Å². The van der Waals surface area contributed by atoms with Gasteiger partial charge in [-0.3, -0.25) is 0 Å². The zero-order chi connectivity index (χ0) is 26.0. The topological polar surface area (TPSA) is 71.0 Å². The summed E-state index contributed by atoms with van der Waals surface area (Å²) in [6, 6.07) is 4.77. The summed E-state index contributed by atoms with van der Waals surface area (Å²) in [5.74, 6) is -0.313. The number of nitrogens with zero attached hydrogens (tertiary/aromatic N) is 1. The second-order valence-electron chi connectivity index (χ2n) is 10.6. The molecule has 3 rings (SSSR count). The summed E-state index contributed by atoms with van der Waals surface area (Å²) in [4.78, 5) is 14.9. The molecule has 2 aliphatic rings. The van der Waals surface area contributed by atoms with Crippen molar-refractivity contribution in [1.29, 1.82) is 0 Å². The van der Waals surface area contributed by atoms with Gasteiger partial charge in [0.05, 0.1) is 10.6 Å². The van der Waals surface area contributed by atoms with Crippen molar-refractivity contribution in [3.63, 3.8) is 0 Å². The molecule has 1 aromatic carbocycles. The Labute approximate surface area is 220 Å². The van der Waals surface area contributed by atoms with Gasteiger partial charge in [-0.15, -0.1) is 0 Å². The second kappa shape index (κ2) is 14.5. The third-order valence-electron chi connectivity index (χ3n) is 7.95. The molecule has 6 nitrogen and oxygen atoms in total. The Hall–Kier alpha value is -1.41. The fourth-order valence-electron chi connectivity index (χ4n) is 5.98. The summed E-state index contributed by atoms with van der Waals surface area (Å²) in [7, 11) is 3.52. The fraction of sp³-hybridized carbons (Fsp3) is 0.750. The number of amides is 1. The number of carbonyl (C=O) groups is 1. The summed E-state index contributed by atoms with van der Waals surface area (Å²) in [5, 5.41) is 15.1. The van der Waals surface area contributed by atoms with Gasteiger partial charge in [0.25, 0.3) is 0 Å². The van der Waals surface area contributed by atoms with E-state index in [2.05, 4.69) is 5.32 Å². The van der Waals surface area contributed by atoms with Crippen LogP contribution in [-0.2, 0) is 15.1 Å². The molecule has 0 unspecified atom stereocenters. The molecule has 3 atom stereocenters. The minimum absolute atomic E-state index is 0.00693. The van der Waals surface area contributed by atoms with Crippen molar-refractivity contribution in [1.82, 2.24) is 10.2 Å². The van der Waals surface area contributed by atoms with E-state index in [1.807, 2.05) is 7.05 Å². The predicted molar refractivity (Wildman–Crippen MR) is 141 cm³/mol. The quantitative estimate of drug-likeness (QED) is 0.332. The predicted octanol–water partition coefficient (Wildman–Crippen LogP) is 5.89. The van der Waals surface area contributed by atoms with Crippen molar-refractivity contribution < 1.29 is 23.8 Å². The molecule has 204 valence electrons. The van der Waals surface area contributed by atoms with Gasteiger partial charge in [0.1, 0.15) is 11.9 Å². The Morgan fingerprint density at radius 1 is 1.25 bits per heavy atom. The maximum Gasteiger partial charge on any atom is 0.410 e. The van der Waals surface area contributed by atoms with Gasteiger partial charge in [-0.2, -0.15) is 0 Å². The molecule has 1 aliphatic heterocycles. The number of piperidine rings is 1. The summed E-state index contributed by atoms with van der Waals surface area (Å²) < 4.78 is 26.3. The summed E-state index contributed by atoms with van der Waals surface area (Å²) in [6.07, 6.45) is 9.76. The van der Waals surface area contributed by atoms with Gasteiger partial charge in [-0.05, 0) is 57.6 Å². The van der Waals surface area contributed by atoms with E-state index in [1.165, 1.54) is 38.2 Å². The number of nitrogens with one attached hydrogen (secondary N) is 1. The third kappa shape index (κ3) is 7.80. The first-order valence-corrected chi connectivity index (χ1v) is 14.0. The lowest BCUT2D eigenvalue weighted by Gasteiger charge is -2.43. The first-order valence-electron chi connectivity index (χ1n) is 13.6. The van der Waals surface area contributed by atoms with Crippen LogP contribution >= 0.6 is 11.6 Å². The molecule has 0 aromatic heterocycles. The Balaban J connectivity index is 1.72. The van der Waals surface area contributed by atoms with E-state index >= 15 is 4.39 Å². The Bertz CT molecular complexity index is 823. The van der Waals surface area contributed by atoms with E-state index in [-0.39, 0.29) is 28.7 Å². The maximum atomic E-state index is 15.1. The fourth-order valence-corrected chi connectivity index (χ4v) is 6.16. The highest BCUT2D eigenvalue weighted by Crippen LogP contribution is 2.42. The molecule has 1 saturated carbocycles. The SMILES string of the molecule is CNC[C@H](CC1CCCCC1)OC(=O)N1CCC[C@@H]([C@@](O)(CCCCOC)c2cccc(Cl)c2F)C1. The van der Waals surface area contributed by atoms with Crippen LogP contribution in [0.4, 0.5) is 9.18 Å². The molecule has 0 bridgehead atoms. The number of carbonyl (C=O) groups excluding carboxylic acids is 1. The number of ether oxygens (including phenoxy) is 2. The number of methoxy groups -OCH3 is 1. The van der Waals surface area contributed by atoms with Gasteiger partial charge in [0.2, 0.25) is 0 Å². The lowest BCUT2D eigenvalue weighted by molar-refractivity contribution is -0.0643. The second-order valence-corrected chi connectivity index (χ2v) is 11.0. The highest BCUT2D eigenvalue weighted by Gasteiger charge is 2.43. The van der Waals surface area contributed by atoms with Crippen molar-refractivity contribution in [3.8, 4) is 0 Å². The molecule has 0 radical (unpaired) electrons. The molecule has 2 fully saturated rings. The molecular formula is C28H44ClFN2O4. The molecule has 1 aliphatic carbocycles. The number of unbranched alkanes of at least 4 members (excludes halogenated alkanes) is 1. The van der Waals surface area contributed by atoms with Crippen molar-refractivity contribution in [2.45, 2.75) is 82.3 Å². The Morgan fingerprint density at radius 3 is 2.75 bits per heavy atom. The van der Waals surface area contributed by atoms with Gasteiger partial charge in [-0.1, -0.05) is 55.8 Å². The van der Waals surface area contributed by atoms with Crippen LogP contribution in [0.3, 0.4) is 0 Å². The van der Waals surface area contributed by atoms with Crippen LogP contribution < -0.4 is 5.32 Å². The number of hydrogen-bond donors (Lipinski definition) is 2. The number of benzene rings is 1. The number of halogens is 2. The maximum absolute atomic E-state index is 15.1. The van der Waals surface area contributed by atoms with E-state index in [9.17, 15) is 9.90 Å². The third-order valence-corrected chi connectivity index (χ3v) is 8.24. The molecule has 1 aromatic rings. The number of likely N-dealkylation sites (N-methyl/N-ethyl adjacent to an activating group) is 1. The molecular weight excluding hydrogens is 483 g/mol. The number of rotatable bonds is 12. The van der Waals surface area contributed by atoms with Crippen molar-refractivity contribution >= 4 is 17.7 Å². The summed E-state index contributed by atoms with van der Waals surface area (Å²) in [6.45, 7) is 2.09. The van der Waals surface area contributed by atoms with E-state index in [0.29, 0.717) is 51.4 Å². The number of aliphatic hydroxyl groups is 1. The zero-order valence-corrected chi connectivity index (χ0v) is 22.7. The minimum Gasteiger partial charge on any atom is -0.445 e. The average Bonchev–Trinajstić information content (AvgIpc) is 2.89. The molecule has 1 saturated heterocycles. The standard InChI is InChI=1S/C28H44ClFN2O4/c1-31-19-23(18-21-10-4-3-5-11-21)36-27(33)32-16-9-12-22(20-32)28(34,15-6-7-17-35-2)24-13-8-14-25(29)26(24)30/h8,13-14,21-23,31,34H,3-7,9-12,15-20H2,1-2H3/t22-,23+,28+/m1/s1. The smallest absolute Gasteiger partial charge is 0.410 e. The van der Waals surface area contributed by atoms with Crippen LogP contribution in [0, 0.1) is 17.7 Å². The van der Waals surface area contributed by atoms with E-state index < -0.39 is 11.4 Å². The van der Waals surface area contributed by atoms with E-state index in [1.54, 1.807) is 24.1 Å². The highest BCUT2D eigenvalue weighted by molar-refractivity contribution is 6.30. The first-order chi connectivity index (χ1) is 17.4. The van der Waals surface area contributed by atoms with E-state index in [0.717, 1.165) is 19.3 Å². The van der Waals surface area contributed by atoms with Crippen LogP contribution in [0.15, 0.2) is 18.2 Å². The van der Waals surface area contributed by atoms with Crippen molar-refractivity contribution in [2.24, 2.45) is 11.8 Å². The Kier molecular flexibility index (Phi) is 11.7. The minimum atomic E-state index is -1.44. The Morgan fingerprint density at radius 2 is 2.03 bits per heavy atom. The normalized spacial score (nSPS) is 21.7. The number of hydrogen-bond acceptors (Lipinski definition) is 5. The van der Waals surface area contributed by atoms with Crippen molar-refractivity contribution in [3.05, 3.63) is 34.6 Å². The zero-order valence-electron chi connectivity index (χ0n) is 21.9. The molecule has 0 spiro atoms. The molecule has 1 amide bonds. The van der Waals surface area contributed by atoms with Gasteiger partial charge in [0.15, 0.2) is 0 Å². The molecule has 36 heavy (non-hydrogen) atoms. The van der Waals surface area contributed by atoms with Crippen LogP contribution in [-0.4, -0.2) is 62.6 Å². The van der Waals surface area contributed by atoms with Gasteiger partial charge in [0, 0.05) is 44.8 Å². The largest absolute Gasteiger partial charge is 0.445 e. The van der Waals surface area contributed by atoms with Crippen LogP contribution in [0.2, 0.25) is 5.02 Å². The first kappa shape index (κ1) is 29.2. The molecule has 2 N–H and O–H groups in total.